The smallest absolute Gasteiger partial charge is 0.243 e. The molecular weight excluding hydrogens is 294 g/mol. The molecule has 1 aliphatic rings. The summed E-state index contributed by atoms with van der Waals surface area (Å²) in [7, 11) is -3.58. The molecule has 3 rings (SSSR count). The lowest BCUT2D eigenvalue weighted by atomic mass is 10.1. The van der Waals surface area contributed by atoms with E-state index in [9.17, 15) is 13.5 Å². The number of rotatable bonds is 3. The molecule has 0 bridgehead atoms. The monoisotopic (exact) mass is 309 g/mol. The van der Waals surface area contributed by atoms with E-state index < -0.39 is 15.6 Å². The van der Waals surface area contributed by atoms with Crippen LogP contribution in [0.4, 0.5) is 0 Å². The Morgan fingerprint density at radius 3 is 2.52 bits per heavy atom. The summed E-state index contributed by atoms with van der Waals surface area (Å²) in [6.07, 6.45) is 1.87. The van der Waals surface area contributed by atoms with Crippen molar-refractivity contribution < 1.29 is 13.5 Å². The number of hydrogen-bond donors (Lipinski definition) is 1. The molecule has 2 heterocycles. The minimum Gasteiger partial charge on any atom is -0.389 e. The van der Waals surface area contributed by atoms with Crippen LogP contribution in [0.3, 0.4) is 0 Å². The molecule has 21 heavy (non-hydrogen) atoms. The van der Waals surface area contributed by atoms with E-state index in [-0.39, 0.29) is 11.4 Å². The van der Waals surface area contributed by atoms with E-state index in [0.29, 0.717) is 18.7 Å². The van der Waals surface area contributed by atoms with Crippen molar-refractivity contribution in [3.8, 4) is 5.69 Å². The lowest BCUT2D eigenvalue weighted by Gasteiger charge is -2.19. The quantitative estimate of drug-likeness (QED) is 0.843. The van der Waals surface area contributed by atoms with E-state index in [4.69, 9.17) is 0 Å². The van der Waals surface area contributed by atoms with Gasteiger partial charge >= 0.3 is 0 Å². The van der Waals surface area contributed by atoms with Crippen LogP contribution in [-0.2, 0) is 10.0 Å². The Balaban J connectivity index is 1.87. The summed E-state index contributed by atoms with van der Waals surface area (Å²) in [6.45, 7) is 2.08. The average molecular weight is 309 g/mol. The Kier molecular flexibility index (Phi) is 3.27. The molecule has 1 atom stereocenters. The van der Waals surface area contributed by atoms with E-state index in [0.717, 1.165) is 0 Å². The van der Waals surface area contributed by atoms with E-state index in [1.807, 2.05) is 0 Å². The van der Waals surface area contributed by atoms with Crippen molar-refractivity contribution in [2.75, 3.05) is 13.1 Å². The zero-order chi connectivity index (χ0) is 15.1. The highest BCUT2D eigenvalue weighted by molar-refractivity contribution is 7.89. The van der Waals surface area contributed by atoms with Gasteiger partial charge in [0, 0.05) is 13.1 Å². The molecule has 0 aliphatic carbocycles. The van der Waals surface area contributed by atoms with Gasteiger partial charge in [0.2, 0.25) is 10.0 Å². The Labute approximate surface area is 122 Å². The van der Waals surface area contributed by atoms with Crippen molar-refractivity contribution >= 4 is 10.0 Å². The summed E-state index contributed by atoms with van der Waals surface area (Å²) < 4.78 is 27.7. The highest BCUT2D eigenvalue weighted by atomic mass is 32.2. The van der Waals surface area contributed by atoms with Gasteiger partial charge in [0.15, 0.2) is 0 Å². The lowest BCUT2D eigenvalue weighted by molar-refractivity contribution is 0.0762. The normalized spacial score (nSPS) is 23.5. The molecule has 0 saturated carbocycles. The maximum atomic E-state index is 12.5. The first-order valence-corrected chi connectivity index (χ1v) is 7.88. The minimum absolute atomic E-state index is 0.115. The number of benzene rings is 1. The largest absolute Gasteiger partial charge is 0.389 e. The molecular formula is C12H15N5O3S. The van der Waals surface area contributed by atoms with Gasteiger partial charge in [0.05, 0.1) is 16.2 Å². The van der Waals surface area contributed by atoms with Gasteiger partial charge in [-0.3, -0.25) is 0 Å². The van der Waals surface area contributed by atoms with Gasteiger partial charge in [-0.1, -0.05) is 0 Å². The van der Waals surface area contributed by atoms with Crippen LogP contribution in [0.15, 0.2) is 35.5 Å². The fraction of sp³-hybridized carbons (Fsp3) is 0.417. The van der Waals surface area contributed by atoms with Crippen LogP contribution in [0.2, 0.25) is 0 Å². The predicted molar refractivity (Wildman–Crippen MR) is 73.2 cm³/mol. The summed E-state index contributed by atoms with van der Waals surface area (Å²) in [6, 6.07) is 6.30. The molecule has 1 saturated heterocycles. The second-order valence-corrected chi connectivity index (χ2v) is 7.27. The first kappa shape index (κ1) is 14.1. The summed E-state index contributed by atoms with van der Waals surface area (Å²) >= 11 is 0. The zero-order valence-electron chi connectivity index (χ0n) is 11.4. The summed E-state index contributed by atoms with van der Waals surface area (Å²) in [5.41, 5.74) is -0.285. The molecule has 2 aromatic rings. The zero-order valence-corrected chi connectivity index (χ0v) is 12.2. The molecule has 0 radical (unpaired) electrons. The Bertz CT molecular complexity index is 725. The average Bonchev–Trinajstić information content (AvgIpc) is 3.08. The second kappa shape index (κ2) is 4.86. The van der Waals surface area contributed by atoms with Crippen molar-refractivity contribution in [2.45, 2.75) is 23.8 Å². The van der Waals surface area contributed by atoms with Gasteiger partial charge in [-0.2, -0.15) is 4.31 Å². The predicted octanol–water partition coefficient (Wildman–Crippen LogP) is -0.192. The summed E-state index contributed by atoms with van der Waals surface area (Å²) in [4.78, 5) is 0.192. The van der Waals surface area contributed by atoms with Crippen LogP contribution in [0.5, 0.6) is 0 Å². The first-order valence-electron chi connectivity index (χ1n) is 6.44. The van der Waals surface area contributed by atoms with Gasteiger partial charge in [-0.05, 0) is 48.0 Å². The number of β-amino-alcohol motifs (C(OH)–C–C–N with tert-alkyl or cyclic N) is 1. The van der Waals surface area contributed by atoms with Crippen LogP contribution in [0.1, 0.15) is 13.3 Å². The number of aromatic nitrogens is 4. The fourth-order valence-electron chi connectivity index (χ4n) is 2.31. The Morgan fingerprint density at radius 2 is 2.00 bits per heavy atom. The van der Waals surface area contributed by atoms with Gasteiger partial charge in [0.1, 0.15) is 6.33 Å². The maximum Gasteiger partial charge on any atom is 0.243 e. The second-order valence-electron chi connectivity index (χ2n) is 5.33. The van der Waals surface area contributed by atoms with Crippen LogP contribution in [0.25, 0.3) is 5.69 Å². The van der Waals surface area contributed by atoms with Crippen LogP contribution >= 0.6 is 0 Å². The van der Waals surface area contributed by atoms with Crippen molar-refractivity contribution in [3.05, 3.63) is 30.6 Å². The molecule has 1 aromatic heterocycles. The molecule has 1 N–H and O–H groups in total. The molecule has 1 unspecified atom stereocenters. The number of nitrogens with zero attached hydrogens (tertiary/aromatic N) is 5. The third-order valence-corrected chi connectivity index (χ3v) is 5.36. The molecule has 8 nitrogen and oxygen atoms in total. The van der Waals surface area contributed by atoms with Crippen molar-refractivity contribution in [1.82, 2.24) is 24.5 Å². The summed E-state index contributed by atoms with van der Waals surface area (Å²) in [5, 5.41) is 20.7. The van der Waals surface area contributed by atoms with E-state index in [2.05, 4.69) is 15.5 Å². The molecule has 1 aromatic carbocycles. The Hall–Kier alpha value is -1.84. The van der Waals surface area contributed by atoms with Crippen LogP contribution < -0.4 is 0 Å². The standard InChI is InChI=1S/C12H15N5O3S/c1-12(18)6-7-16(8-12)21(19,20)11-4-2-10(3-5-11)17-9-13-14-15-17/h2-5,9,18H,6-8H2,1H3. The molecule has 0 amide bonds. The molecule has 112 valence electrons. The van der Waals surface area contributed by atoms with Gasteiger partial charge in [-0.25, -0.2) is 13.1 Å². The number of hydrogen-bond acceptors (Lipinski definition) is 6. The van der Waals surface area contributed by atoms with Gasteiger partial charge in [-0.15, -0.1) is 5.10 Å². The number of aliphatic hydroxyl groups is 1. The third kappa shape index (κ3) is 2.67. The minimum atomic E-state index is -3.58. The molecule has 0 spiro atoms. The van der Waals surface area contributed by atoms with E-state index in [1.54, 1.807) is 19.1 Å². The van der Waals surface area contributed by atoms with Crippen molar-refractivity contribution in [1.29, 1.82) is 0 Å². The third-order valence-electron chi connectivity index (χ3n) is 3.50. The van der Waals surface area contributed by atoms with E-state index in [1.165, 1.54) is 27.4 Å². The molecule has 1 aliphatic heterocycles. The molecule has 9 heteroatoms. The van der Waals surface area contributed by atoms with Gasteiger partial charge < -0.3 is 5.11 Å². The summed E-state index contributed by atoms with van der Waals surface area (Å²) in [5.74, 6) is 0. The lowest BCUT2D eigenvalue weighted by Crippen LogP contribution is -2.33. The van der Waals surface area contributed by atoms with Crippen molar-refractivity contribution in [2.24, 2.45) is 0 Å². The topological polar surface area (TPSA) is 101 Å². The Morgan fingerprint density at radius 1 is 1.29 bits per heavy atom. The number of tetrazole rings is 1. The highest BCUT2D eigenvalue weighted by Crippen LogP contribution is 2.27. The van der Waals surface area contributed by atoms with Gasteiger partial charge in [0.25, 0.3) is 0 Å². The SMILES string of the molecule is CC1(O)CCN(S(=O)(=O)c2ccc(-n3cnnn3)cc2)C1. The van der Waals surface area contributed by atoms with Crippen LogP contribution in [-0.4, -0.2) is 56.7 Å². The number of sulfonamides is 1. The van der Waals surface area contributed by atoms with Crippen LogP contribution in [0, 0.1) is 0 Å². The van der Waals surface area contributed by atoms with Crippen molar-refractivity contribution in [3.63, 3.8) is 0 Å². The molecule has 1 fully saturated rings. The first-order chi connectivity index (χ1) is 9.88. The fourth-order valence-corrected chi connectivity index (χ4v) is 3.87. The highest BCUT2D eigenvalue weighted by Gasteiger charge is 2.38. The van der Waals surface area contributed by atoms with E-state index >= 15 is 0 Å². The maximum absolute atomic E-state index is 12.5.